The first-order valence-electron chi connectivity index (χ1n) is 7.24. The molecule has 114 valence electrons. The molecule has 0 amide bonds. The van der Waals surface area contributed by atoms with Crippen LogP contribution in [0.1, 0.15) is 32.6 Å². The summed E-state index contributed by atoms with van der Waals surface area (Å²) >= 11 is 0. The largest absolute Gasteiger partial charge is 0.466 e. The van der Waals surface area contributed by atoms with Crippen LogP contribution in [0, 0.1) is 0 Å². The monoisotopic (exact) mass is 274 g/mol. The fraction of sp³-hybridized carbons (Fsp3) is 0.929. The third-order valence-electron chi connectivity index (χ3n) is 2.89. The molecule has 0 fully saturated rings. The predicted molar refractivity (Wildman–Crippen MR) is 77.3 cm³/mol. The van der Waals surface area contributed by atoms with Crippen molar-refractivity contribution in [3.63, 3.8) is 0 Å². The van der Waals surface area contributed by atoms with E-state index in [4.69, 9.17) is 9.47 Å². The van der Waals surface area contributed by atoms with Crippen molar-refractivity contribution in [2.45, 2.75) is 32.6 Å². The summed E-state index contributed by atoms with van der Waals surface area (Å²) in [4.78, 5) is 13.3. The number of nitrogens with zero attached hydrogens (tertiary/aromatic N) is 1. The summed E-state index contributed by atoms with van der Waals surface area (Å²) in [5, 5.41) is 3.41. The minimum Gasteiger partial charge on any atom is -0.466 e. The van der Waals surface area contributed by atoms with E-state index in [1.807, 2.05) is 6.92 Å². The standard InChI is InChI=1S/C14H30N2O3/c1-4-19-14(17)8-6-5-7-9-15-10-11-16(2)12-13-18-3/h15H,4-13H2,1-3H3. The van der Waals surface area contributed by atoms with E-state index in [0.29, 0.717) is 13.0 Å². The summed E-state index contributed by atoms with van der Waals surface area (Å²) in [5.41, 5.74) is 0. The van der Waals surface area contributed by atoms with Gasteiger partial charge >= 0.3 is 5.97 Å². The van der Waals surface area contributed by atoms with Crippen LogP contribution in [0.3, 0.4) is 0 Å². The highest BCUT2D eigenvalue weighted by molar-refractivity contribution is 5.69. The maximum absolute atomic E-state index is 11.1. The highest BCUT2D eigenvalue weighted by Crippen LogP contribution is 2.00. The number of nitrogens with one attached hydrogen (secondary N) is 1. The second kappa shape index (κ2) is 13.8. The van der Waals surface area contributed by atoms with E-state index >= 15 is 0 Å². The van der Waals surface area contributed by atoms with E-state index in [0.717, 1.165) is 52.0 Å². The number of carbonyl (C=O) groups is 1. The van der Waals surface area contributed by atoms with E-state index in [2.05, 4.69) is 17.3 Å². The Morgan fingerprint density at radius 3 is 2.63 bits per heavy atom. The van der Waals surface area contributed by atoms with Gasteiger partial charge < -0.3 is 19.7 Å². The van der Waals surface area contributed by atoms with E-state index in [1.165, 1.54) is 0 Å². The average Bonchev–Trinajstić information content (AvgIpc) is 2.39. The molecule has 0 aliphatic rings. The molecule has 0 aromatic carbocycles. The number of methoxy groups -OCH3 is 1. The van der Waals surface area contributed by atoms with Crippen molar-refractivity contribution in [2.24, 2.45) is 0 Å². The molecule has 19 heavy (non-hydrogen) atoms. The lowest BCUT2D eigenvalue weighted by molar-refractivity contribution is -0.143. The van der Waals surface area contributed by atoms with Gasteiger partial charge in [-0.3, -0.25) is 4.79 Å². The van der Waals surface area contributed by atoms with Crippen LogP contribution in [-0.4, -0.2) is 64.4 Å². The van der Waals surface area contributed by atoms with Crippen molar-refractivity contribution in [3.8, 4) is 0 Å². The van der Waals surface area contributed by atoms with Crippen molar-refractivity contribution in [3.05, 3.63) is 0 Å². The van der Waals surface area contributed by atoms with Gasteiger partial charge in [-0.2, -0.15) is 0 Å². The van der Waals surface area contributed by atoms with Gasteiger partial charge in [0.15, 0.2) is 0 Å². The van der Waals surface area contributed by atoms with Gasteiger partial charge in [0.2, 0.25) is 0 Å². The molecule has 0 saturated carbocycles. The molecule has 0 spiro atoms. The van der Waals surface area contributed by atoms with Crippen LogP contribution in [0.15, 0.2) is 0 Å². The zero-order chi connectivity index (χ0) is 14.3. The van der Waals surface area contributed by atoms with E-state index < -0.39 is 0 Å². The number of ether oxygens (including phenoxy) is 2. The lowest BCUT2D eigenvalue weighted by atomic mass is 10.2. The minimum absolute atomic E-state index is 0.0739. The molecule has 0 rings (SSSR count). The van der Waals surface area contributed by atoms with Crippen LogP contribution in [0.25, 0.3) is 0 Å². The van der Waals surface area contributed by atoms with Crippen LogP contribution < -0.4 is 5.32 Å². The molecule has 0 radical (unpaired) electrons. The SMILES string of the molecule is CCOC(=O)CCCCCNCCN(C)CCOC. The summed E-state index contributed by atoms with van der Waals surface area (Å²) in [6.07, 6.45) is 3.66. The van der Waals surface area contributed by atoms with Gasteiger partial charge in [0.25, 0.3) is 0 Å². The molecule has 0 aliphatic carbocycles. The predicted octanol–water partition coefficient (Wildman–Crippen LogP) is 1.28. The fourth-order valence-electron chi connectivity index (χ4n) is 1.68. The quantitative estimate of drug-likeness (QED) is 0.405. The van der Waals surface area contributed by atoms with Crippen LogP contribution in [0.2, 0.25) is 0 Å². The number of esters is 1. The zero-order valence-electron chi connectivity index (χ0n) is 12.7. The topological polar surface area (TPSA) is 50.8 Å². The Hall–Kier alpha value is -0.650. The highest BCUT2D eigenvalue weighted by Gasteiger charge is 2.00. The molecule has 0 unspecified atom stereocenters. The highest BCUT2D eigenvalue weighted by atomic mass is 16.5. The molecule has 5 nitrogen and oxygen atoms in total. The molecular formula is C14H30N2O3. The first-order valence-corrected chi connectivity index (χ1v) is 7.24. The van der Waals surface area contributed by atoms with Gasteiger partial charge in [0.1, 0.15) is 0 Å². The van der Waals surface area contributed by atoms with Crippen molar-refractivity contribution < 1.29 is 14.3 Å². The van der Waals surface area contributed by atoms with Gasteiger partial charge in [-0.25, -0.2) is 0 Å². The van der Waals surface area contributed by atoms with Gasteiger partial charge in [-0.05, 0) is 33.4 Å². The van der Waals surface area contributed by atoms with Crippen LogP contribution in [-0.2, 0) is 14.3 Å². The molecule has 1 N–H and O–H groups in total. The van der Waals surface area contributed by atoms with Crippen molar-refractivity contribution >= 4 is 5.97 Å². The van der Waals surface area contributed by atoms with E-state index in [1.54, 1.807) is 7.11 Å². The number of hydrogen-bond acceptors (Lipinski definition) is 5. The number of hydrogen-bond donors (Lipinski definition) is 1. The Kier molecular flexibility index (Phi) is 13.3. The van der Waals surface area contributed by atoms with Gasteiger partial charge in [-0.15, -0.1) is 0 Å². The molecule has 0 aliphatic heterocycles. The summed E-state index contributed by atoms with van der Waals surface area (Å²) in [6, 6.07) is 0. The average molecular weight is 274 g/mol. The molecule has 0 saturated heterocycles. The molecule has 0 heterocycles. The number of carbonyl (C=O) groups excluding carboxylic acids is 1. The summed E-state index contributed by atoms with van der Waals surface area (Å²) in [6.45, 7) is 7.12. The molecule has 0 atom stereocenters. The smallest absolute Gasteiger partial charge is 0.305 e. The third kappa shape index (κ3) is 13.6. The first kappa shape index (κ1) is 18.4. The minimum atomic E-state index is -0.0739. The third-order valence-corrected chi connectivity index (χ3v) is 2.89. The molecule has 0 bridgehead atoms. The maximum Gasteiger partial charge on any atom is 0.305 e. The number of likely N-dealkylation sites (N-methyl/N-ethyl adjacent to an activating group) is 1. The Labute approximate surface area is 117 Å². The molecule has 5 heteroatoms. The molecule has 0 aromatic heterocycles. The van der Waals surface area contributed by atoms with Gasteiger partial charge in [0.05, 0.1) is 13.2 Å². The second-order valence-electron chi connectivity index (χ2n) is 4.66. The second-order valence-corrected chi connectivity index (χ2v) is 4.66. The molecular weight excluding hydrogens is 244 g/mol. The Balaban J connectivity index is 3.16. The number of rotatable bonds is 13. The van der Waals surface area contributed by atoms with Gasteiger partial charge in [0, 0.05) is 33.2 Å². The van der Waals surface area contributed by atoms with Crippen molar-refractivity contribution in [2.75, 3.05) is 53.6 Å². The van der Waals surface area contributed by atoms with Crippen molar-refractivity contribution in [1.82, 2.24) is 10.2 Å². The van der Waals surface area contributed by atoms with Gasteiger partial charge in [-0.1, -0.05) is 6.42 Å². The zero-order valence-corrected chi connectivity index (χ0v) is 12.7. The first-order chi connectivity index (χ1) is 9.20. The fourth-order valence-corrected chi connectivity index (χ4v) is 1.68. The van der Waals surface area contributed by atoms with E-state index in [9.17, 15) is 4.79 Å². The van der Waals surface area contributed by atoms with Crippen molar-refractivity contribution in [1.29, 1.82) is 0 Å². The molecule has 0 aromatic rings. The maximum atomic E-state index is 11.1. The lowest BCUT2D eigenvalue weighted by Crippen LogP contribution is -2.31. The van der Waals surface area contributed by atoms with Crippen LogP contribution in [0.5, 0.6) is 0 Å². The van der Waals surface area contributed by atoms with Crippen LogP contribution in [0.4, 0.5) is 0 Å². The summed E-state index contributed by atoms with van der Waals surface area (Å²) < 4.78 is 9.90. The Morgan fingerprint density at radius 1 is 1.16 bits per heavy atom. The number of unbranched alkanes of at least 4 members (excludes halogenated alkanes) is 2. The normalized spacial score (nSPS) is 10.9. The van der Waals surface area contributed by atoms with Crippen LogP contribution >= 0.6 is 0 Å². The summed E-state index contributed by atoms with van der Waals surface area (Å²) in [5.74, 6) is -0.0739. The lowest BCUT2D eigenvalue weighted by Gasteiger charge is -2.16. The summed E-state index contributed by atoms with van der Waals surface area (Å²) in [7, 11) is 3.82. The van der Waals surface area contributed by atoms with E-state index in [-0.39, 0.29) is 5.97 Å². The Morgan fingerprint density at radius 2 is 1.95 bits per heavy atom. The Bertz CT molecular complexity index is 213.